The van der Waals surface area contributed by atoms with Gasteiger partial charge in [-0.3, -0.25) is 0 Å². The molecule has 1 aromatic heterocycles. The predicted molar refractivity (Wildman–Crippen MR) is 117 cm³/mol. The van der Waals surface area contributed by atoms with E-state index in [1.54, 1.807) is 6.92 Å². The van der Waals surface area contributed by atoms with Crippen molar-refractivity contribution in [3.05, 3.63) is 45.3 Å². The molecule has 28 heavy (non-hydrogen) atoms. The van der Waals surface area contributed by atoms with Gasteiger partial charge in [-0.25, -0.2) is 9.59 Å². The normalized spacial score (nSPS) is 10.5. The molecule has 6 nitrogen and oxygen atoms in total. The highest BCUT2D eigenvalue weighted by Crippen LogP contribution is 2.34. The second-order valence-corrected chi connectivity index (χ2v) is 7.95. The molecule has 1 aromatic carbocycles. The van der Waals surface area contributed by atoms with Crippen LogP contribution in [0.4, 0.5) is 10.7 Å². The Labute approximate surface area is 174 Å². The Balaban J connectivity index is 2.37. The molecule has 0 aliphatic rings. The third kappa shape index (κ3) is 4.51. The van der Waals surface area contributed by atoms with Crippen molar-refractivity contribution in [1.82, 2.24) is 0 Å². The summed E-state index contributed by atoms with van der Waals surface area (Å²) in [6, 6.07) is 6.06. The topological polar surface area (TPSA) is 76.7 Å². The second kappa shape index (κ2) is 9.16. The van der Waals surface area contributed by atoms with Crippen LogP contribution >= 0.6 is 23.6 Å². The zero-order valence-electron chi connectivity index (χ0n) is 16.8. The number of carbonyl (C=O) groups is 2. The minimum Gasteiger partial charge on any atom is -0.465 e. The number of hydrogen-bond acceptors (Lipinski definition) is 6. The maximum absolute atomic E-state index is 12.2. The summed E-state index contributed by atoms with van der Waals surface area (Å²) >= 11 is 6.57. The summed E-state index contributed by atoms with van der Waals surface area (Å²) in [6.45, 7) is 7.89. The maximum atomic E-state index is 12.2. The monoisotopic (exact) mass is 420 g/mol. The maximum Gasteiger partial charge on any atom is 0.348 e. The molecule has 0 radical (unpaired) electrons. The van der Waals surface area contributed by atoms with E-state index in [4.69, 9.17) is 21.7 Å². The highest BCUT2D eigenvalue weighted by molar-refractivity contribution is 7.80. The van der Waals surface area contributed by atoms with E-state index in [0.717, 1.165) is 28.2 Å². The largest absolute Gasteiger partial charge is 0.465 e. The van der Waals surface area contributed by atoms with Gasteiger partial charge in [0.25, 0.3) is 0 Å². The average Bonchev–Trinajstić information content (AvgIpc) is 2.97. The van der Waals surface area contributed by atoms with Gasteiger partial charge < -0.3 is 20.1 Å². The van der Waals surface area contributed by atoms with E-state index in [0.29, 0.717) is 26.5 Å². The minimum atomic E-state index is -0.548. The number of rotatable bonds is 5. The Kier molecular flexibility index (Phi) is 7.15. The van der Waals surface area contributed by atoms with Crippen LogP contribution in [0.25, 0.3) is 0 Å². The van der Waals surface area contributed by atoms with Crippen LogP contribution in [0.2, 0.25) is 0 Å². The lowest BCUT2D eigenvalue weighted by atomic mass is 9.98. The first-order valence-electron chi connectivity index (χ1n) is 8.68. The SMILES string of the molecule is COC(=O)c1sc(NC(=S)Nc2c(C)cccc2C(C)C)c(C(=O)OC)c1C. The van der Waals surface area contributed by atoms with Gasteiger partial charge in [-0.15, -0.1) is 11.3 Å². The fourth-order valence-electron chi connectivity index (χ4n) is 2.83. The summed E-state index contributed by atoms with van der Waals surface area (Å²) in [5, 5.41) is 7.01. The molecule has 0 bridgehead atoms. The van der Waals surface area contributed by atoms with Crippen molar-refractivity contribution in [1.29, 1.82) is 0 Å². The minimum absolute atomic E-state index is 0.269. The van der Waals surface area contributed by atoms with Gasteiger partial charge in [-0.05, 0) is 48.7 Å². The lowest BCUT2D eigenvalue weighted by molar-refractivity contribution is 0.0601. The van der Waals surface area contributed by atoms with Crippen molar-refractivity contribution in [2.45, 2.75) is 33.6 Å². The smallest absolute Gasteiger partial charge is 0.348 e. The molecule has 0 aliphatic heterocycles. The Bertz CT molecular complexity index is 919. The first kappa shape index (κ1) is 21.8. The Morgan fingerprint density at radius 3 is 2.29 bits per heavy atom. The number of esters is 2. The Morgan fingerprint density at radius 2 is 1.71 bits per heavy atom. The van der Waals surface area contributed by atoms with Gasteiger partial charge in [0.2, 0.25) is 0 Å². The highest BCUT2D eigenvalue weighted by atomic mass is 32.1. The number of ether oxygens (including phenoxy) is 2. The lowest BCUT2D eigenvalue weighted by Crippen LogP contribution is -2.21. The summed E-state index contributed by atoms with van der Waals surface area (Å²) in [5.41, 5.74) is 3.88. The van der Waals surface area contributed by atoms with Crippen LogP contribution in [-0.4, -0.2) is 31.3 Å². The number of anilines is 2. The molecule has 0 spiro atoms. The van der Waals surface area contributed by atoms with E-state index < -0.39 is 11.9 Å². The van der Waals surface area contributed by atoms with Crippen molar-refractivity contribution >= 4 is 51.3 Å². The summed E-state index contributed by atoms with van der Waals surface area (Å²) in [5.74, 6) is -0.751. The summed E-state index contributed by atoms with van der Waals surface area (Å²) in [7, 11) is 2.59. The Hall–Kier alpha value is -2.45. The van der Waals surface area contributed by atoms with Crippen LogP contribution in [0.3, 0.4) is 0 Å². The fraction of sp³-hybridized carbons (Fsp3) is 0.350. The van der Waals surface area contributed by atoms with Gasteiger partial charge >= 0.3 is 11.9 Å². The van der Waals surface area contributed by atoms with Gasteiger partial charge in [0.1, 0.15) is 9.88 Å². The molecule has 0 unspecified atom stereocenters. The quantitative estimate of drug-likeness (QED) is 0.528. The van der Waals surface area contributed by atoms with Crippen LogP contribution in [0.15, 0.2) is 18.2 Å². The molecule has 0 amide bonds. The van der Waals surface area contributed by atoms with Crippen molar-refractivity contribution in [3.8, 4) is 0 Å². The van der Waals surface area contributed by atoms with Crippen LogP contribution in [0, 0.1) is 13.8 Å². The molecule has 0 aliphatic carbocycles. The number of carbonyl (C=O) groups excluding carboxylic acids is 2. The molecule has 150 valence electrons. The van der Waals surface area contributed by atoms with Gasteiger partial charge in [0.05, 0.1) is 19.8 Å². The molecule has 0 saturated carbocycles. The number of nitrogens with one attached hydrogen (secondary N) is 2. The number of thiophene rings is 1. The van der Waals surface area contributed by atoms with Crippen molar-refractivity contribution < 1.29 is 19.1 Å². The molecule has 1 heterocycles. The number of benzene rings is 1. The van der Waals surface area contributed by atoms with Gasteiger partial charge in [-0.2, -0.15) is 0 Å². The standard InChI is InChI=1S/C20H24N2O4S2/c1-10(2)13-9-7-8-11(3)15(13)21-20(27)22-17-14(18(23)25-5)12(4)16(28-17)19(24)26-6/h7-10H,1-6H3,(H2,21,22,27). The molecule has 2 rings (SSSR count). The number of aryl methyl sites for hydroxylation is 1. The predicted octanol–water partition coefficient (Wildman–Crippen LogP) is 4.87. The zero-order chi connectivity index (χ0) is 21.0. The summed E-state index contributed by atoms with van der Waals surface area (Å²) in [4.78, 5) is 24.6. The molecular formula is C20H24N2O4S2. The van der Waals surface area contributed by atoms with E-state index in [2.05, 4.69) is 24.5 Å². The second-order valence-electron chi connectivity index (χ2n) is 6.52. The molecule has 2 aromatic rings. The van der Waals surface area contributed by atoms with E-state index in [1.165, 1.54) is 14.2 Å². The number of hydrogen-bond donors (Lipinski definition) is 2. The van der Waals surface area contributed by atoms with Crippen LogP contribution in [0.5, 0.6) is 0 Å². The summed E-state index contributed by atoms with van der Waals surface area (Å²) < 4.78 is 9.67. The van der Waals surface area contributed by atoms with Gasteiger partial charge in [0.15, 0.2) is 5.11 Å². The highest BCUT2D eigenvalue weighted by Gasteiger charge is 2.26. The van der Waals surface area contributed by atoms with E-state index >= 15 is 0 Å². The number of thiocarbonyl (C=S) groups is 1. The lowest BCUT2D eigenvalue weighted by Gasteiger charge is -2.18. The molecule has 0 atom stereocenters. The third-order valence-corrected chi connectivity index (χ3v) is 5.69. The van der Waals surface area contributed by atoms with Crippen molar-refractivity contribution in [2.24, 2.45) is 0 Å². The van der Waals surface area contributed by atoms with Crippen molar-refractivity contribution in [2.75, 3.05) is 24.9 Å². The Morgan fingerprint density at radius 1 is 1.07 bits per heavy atom. The third-order valence-electron chi connectivity index (χ3n) is 4.30. The van der Waals surface area contributed by atoms with E-state index in [-0.39, 0.29) is 5.56 Å². The number of methoxy groups -OCH3 is 2. The van der Waals surface area contributed by atoms with E-state index in [9.17, 15) is 9.59 Å². The fourth-order valence-corrected chi connectivity index (χ4v) is 4.21. The molecular weight excluding hydrogens is 396 g/mol. The van der Waals surface area contributed by atoms with Crippen LogP contribution in [0.1, 0.15) is 56.5 Å². The molecule has 0 saturated heterocycles. The van der Waals surface area contributed by atoms with Crippen molar-refractivity contribution in [3.63, 3.8) is 0 Å². The van der Waals surface area contributed by atoms with Crippen LogP contribution < -0.4 is 10.6 Å². The molecule has 2 N–H and O–H groups in total. The number of para-hydroxylation sites is 1. The van der Waals surface area contributed by atoms with Gasteiger partial charge in [0, 0.05) is 5.69 Å². The molecule has 8 heteroatoms. The van der Waals surface area contributed by atoms with Gasteiger partial charge in [-0.1, -0.05) is 32.0 Å². The van der Waals surface area contributed by atoms with Crippen LogP contribution in [-0.2, 0) is 9.47 Å². The average molecular weight is 421 g/mol. The first-order valence-corrected chi connectivity index (χ1v) is 9.91. The molecule has 0 fully saturated rings. The first-order chi connectivity index (χ1) is 13.2. The van der Waals surface area contributed by atoms with E-state index in [1.807, 2.05) is 25.1 Å². The summed E-state index contributed by atoms with van der Waals surface area (Å²) in [6.07, 6.45) is 0. The zero-order valence-corrected chi connectivity index (χ0v) is 18.4.